The molecule has 0 amide bonds. The molecule has 92 valence electrons. The molecule has 0 atom stereocenters. The highest BCUT2D eigenvalue weighted by atomic mass is 16.3. The van der Waals surface area contributed by atoms with E-state index in [4.69, 9.17) is 5.11 Å². The molecule has 0 unspecified atom stereocenters. The third-order valence-electron chi connectivity index (χ3n) is 2.53. The molecule has 4 nitrogen and oxygen atoms in total. The zero-order valence-corrected chi connectivity index (χ0v) is 10.6. The van der Waals surface area contributed by atoms with E-state index in [1.165, 1.54) is 0 Å². The maximum atomic E-state index is 8.97. The third-order valence-corrected chi connectivity index (χ3v) is 2.53. The van der Waals surface area contributed by atoms with Crippen LogP contribution in [0.4, 0.5) is 0 Å². The first-order valence-corrected chi connectivity index (χ1v) is 6.04. The molecule has 1 aromatic rings. The van der Waals surface area contributed by atoms with Gasteiger partial charge in [0.2, 0.25) is 0 Å². The Morgan fingerprint density at radius 3 is 2.69 bits per heavy atom. The Hall–Kier alpha value is -0.870. The van der Waals surface area contributed by atoms with Crippen molar-refractivity contribution in [3.63, 3.8) is 0 Å². The van der Waals surface area contributed by atoms with Crippen LogP contribution in [0.3, 0.4) is 0 Å². The maximum Gasteiger partial charge on any atom is 0.0764 e. The monoisotopic (exact) mass is 225 g/mol. The van der Waals surface area contributed by atoms with Gasteiger partial charge in [0.1, 0.15) is 0 Å². The van der Waals surface area contributed by atoms with Gasteiger partial charge in [-0.3, -0.25) is 9.58 Å². The molecule has 0 aliphatic carbocycles. The van der Waals surface area contributed by atoms with Crippen molar-refractivity contribution in [2.75, 3.05) is 19.7 Å². The average molecular weight is 225 g/mol. The molecular weight excluding hydrogens is 202 g/mol. The molecule has 1 heterocycles. The second kappa shape index (κ2) is 6.66. The summed E-state index contributed by atoms with van der Waals surface area (Å²) in [6.07, 6.45) is 3.12. The van der Waals surface area contributed by atoms with Gasteiger partial charge in [-0.2, -0.15) is 5.10 Å². The minimum Gasteiger partial charge on any atom is -0.395 e. The topological polar surface area (TPSA) is 41.3 Å². The van der Waals surface area contributed by atoms with Crippen LogP contribution in [0.15, 0.2) is 12.3 Å². The molecule has 0 radical (unpaired) electrons. The summed E-state index contributed by atoms with van der Waals surface area (Å²) in [6.45, 7) is 9.16. The predicted molar refractivity (Wildman–Crippen MR) is 65.3 cm³/mol. The van der Waals surface area contributed by atoms with Crippen molar-refractivity contribution in [1.82, 2.24) is 14.7 Å². The summed E-state index contributed by atoms with van der Waals surface area (Å²) in [7, 11) is 0. The minimum absolute atomic E-state index is 0.213. The quantitative estimate of drug-likeness (QED) is 0.767. The van der Waals surface area contributed by atoms with Gasteiger partial charge < -0.3 is 5.11 Å². The van der Waals surface area contributed by atoms with Gasteiger partial charge in [0.15, 0.2) is 0 Å². The Balaban J connectivity index is 2.55. The summed E-state index contributed by atoms with van der Waals surface area (Å²) in [5, 5.41) is 13.5. The highest BCUT2D eigenvalue weighted by Gasteiger charge is 2.07. The van der Waals surface area contributed by atoms with E-state index in [1.54, 1.807) is 0 Å². The van der Waals surface area contributed by atoms with Crippen LogP contribution in [0.1, 0.15) is 38.9 Å². The SMILES string of the molecule is CCCN(CCO)Cc1ccn(C(C)C)n1. The lowest BCUT2D eigenvalue weighted by molar-refractivity contribution is 0.188. The van der Waals surface area contributed by atoms with Crippen molar-refractivity contribution < 1.29 is 5.11 Å². The fraction of sp³-hybridized carbons (Fsp3) is 0.750. The molecular formula is C12H23N3O. The third kappa shape index (κ3) is 3.94. The van der Waals surface area contributed by atoms with Crippen LogP contribution in [0, 0.1) is 0 Å². The number of rotatable bonds is 7. The molecule has 1 rings (SSSR count). The fourth-order valence-corrected chi connectivity index (χ4v) is 1.71. The van der Waals surface area contributed by atoms with E-state index in [2.05, 4.69) is 36.8 Å². The molecule has 0 saturated heterocycles. The van der Waals surface area contributed by atoms with Gasteiger partial charge in [0, 0.05) is 25.3 Å². The number of nitrogens with zero attached hydrogens (tertiary/aromatic N) is 3. The Morgan fingerprint density at radius 2 is 2.19 bits per heavy atom. The molecule has 0 fully saturated rings. The molecule has 0 bridgehead atoms. The first-order valence-electron chi connectivity index (χ1n) is 6.04. The highest BCUT2D eigenvalue weighted by molar-refractivity contribution is 4.99. The summed E-state index contributed by atoms with van der Waals surface area (Å²) < 4.78 is 1.97. The molecule has 0 aromatic carbocycles. The van der Waals surface area contributed by atoms with Crippen LogP contribution in [-0.2, 0) is 6.54 Å². The van der Waals surface area contributed by atoms with E-state index in [9.17, 15) is 0 Å². The summed E-state index contributed by atoms with van der Waals surface area (Å²) in [5.41, 5.74) is 1.08. The summed E-state index contributed by atoms with van der Waals surface area (Å²) >= 11 is 0. The first kappa shape index (κ1) is 13.2. The van der Waals surface area contributed by atoms with Gasteiger partial charge >= 0.3 is 0 Å². The Morgan fingerprint density at radius 1 is 1.44 bits per heavy atom. The molecule has 4 heteroatoms. The van der Waals surface area contributed by atoms with Crippen molar-refractivity contribution >= 4 is 0 Å². The molecule has 1 N–H and O–H groups in total. The van der Waals surface area contributed by atoms with Crippen molar-refractivity contribution in [1.29, 1.82) is 0 Å². The Labute approximate surface area is 97.9 Å². The second-order valence-corrected chi connectivity index (χ2v) is 4.38. The summed E-state index contributed by atoms with van der Waals surface area (Å²) in [5.74, 6) is 0. The Bertz CT molecular complexity index is 290. The van der Waals surface area contributed by atoms with Crippen LogP contribution in [-0.4, -0.2) is 39.5 Å². The fourth-order valence-electron chi connectivity index (χ4n) is 1.71. The molecule has 16 heavy (non-hydrogen) atoms. The van der Waals surface area contributed by atoms with E-state index < -0.39 is 0 Å². The van der Waals surface area contributed by atoms with Gasteiger partial charge in [0.05, 0.1) is 12.3 Å². The van der Waals surface area contributed by atoms with Gasteiger partial charge in [-0.15, -0.1) is 0 Å². The smallest absolute Gasteiger partial charge is 0.0764 e. The molecule has 0 aliphatic heterocycles. The molecule has 0 saturated carbocycles. The van der Waals surface area contributed by atoms with E-state index in [0.717, 1.165) is 31.7 Å². The van der Waals surface area contributed by atoms with E-state index in [0.29, 0.717) is 6.04 Å². The van der Waals surface area contributed by atoms with Crippen LogP contribution in [0.25, 0.3) is 0 Å². The summed E-state index contributed by atoms with van der Waals surface area (Å²) in [6, 6.07) is 2.46. The van der Waals surface area contributed by atoms with Crippen molar-refractivity contribution in [2.24, 2.45) is 0 Å². The minimum atomic E-state index is 0.213. The zero-order chi connectivity index (χ0) is 12.0. The van der Waals surface area contributed by atoms with Crippen molar-refractivity contribution in [2.45, 2.75) is 39.8 Å². The summed E-state index contributed by atoms with van der Waals surface area (Å²) in [4.78, 5) is 2.23. The van der Waals surface area contributed by atoms with E-state index in [-0.39, 0.29) is 6.61 Å². The van der Waals surface area contributed by atoms with Gasteiger partial charge in [-0.1, -0.05) is 6.92 Å². The van der Waals surface area contributed by atoms with Gasteiger partial charge in [0.25, 0.3) is 0 Å². The van der Waals surface area contributed by atoms with Gasteiger partial charge in [-0.05, 0) is 32.9 Å². The zero-order valence-electron chi connectivity index (χ0n) is 10.6. The van der Waals surface area contributed by atoms with Crippen LogP contribution < -0.4 is 0 Å². The van der Waals surface area contributed by atoms with Gasteiger partial charge in [-0.25, -0.2) is 0 Å². The Kier molecular flexibility index (Phi) is 5.49. The number of hydrogen-bond acceptors (Lipinski definition) is 3. The molecule has 1 aromatic heterocycles. The van der Waals surface area contributed by atoms with Crippen molar-refractivity contribution in [3.05, 3.63) is 18.0 Å². The number of aliphatic hydroxyl groups excluding tert-OH is 1. The lowest BCUT2D eigenvalue weighted by Gasteiger charge is -2.19. The van der Waals surface area contributed by atoms with Crippen LogP contribution in [0.2, 0.25) is 0 Å². The average Bonchev–Trinajstić information content (AvgIpc) is 2.67. The number of aliphatic hydroxyl groups is 1. The lowest BCUT2D eigenvalue weighted by Crippen LogP contribution is -2.27. The normalized spacial score (nSPS) is 11.6. The van der Waals surface area contributed by atoms with Crippen LogP contribution >= 0.6 is 0 Å². The molecule has 0 spiro atoms. The molecule has 0 aliphatic rings. The van der Waals surface area contributed by atoms with Crippen LogP contribution in [0.5, 0.6) is 0 Å². The van der Waals surface area contributed by atoms with E-state index in [1.807, 2.05) is 10.9 Å². The lowest BCUT2D eigenvalue weighted by atomic mass is 10.3. The number of hydrogen-bond donors (Lipinski definition) is 1. The van der Waals surface area contributed by atoms with Crippen molar-refractivity contribution in [3.8, 4) is 0 Å². The second-order valence-electron chi connectivity index (χ2n) is 4.38. The largest absolute Gasteiger partial charge is 0.395 e. The van der Waals surface area contributed by atoms with E-state index >= 15 is 0 Å². The highest BCUT2D eigenvalue weighted by Crippen LogP contribution is 2.07. The maximum absolute atomic E-state index is 8.97. The predicted octanol–water partition coefficient (Wildman–Crippen LogP) is 1.67. The first-order chi connectivity index (χ1) is 7.67. The standard InChI is InChI=1S/C12H23N3O/c1-4-6-14(8-9-16)10-12-5-7-15(13-12)11(2)3/h5,7,11,16H,4,6,8-10H2,1-3H3. The number of aromatic nitrogens is 2.